The third kappa shape index (κ3) is 5.28. The number of aryl methyl sites for hydroxylation is 1. The van der Waals surface area contributed by atoms with Crippen LogP contribution in [0.5, 0.6) is 11.5 Å². The van der Waals surface area contributed by atoms with E-state index in [0.29, 0.717) is 23.7 Å². The van der Waals surface area contributed by atoms with Crippen LogP contribution in [0.2, 0.25) is 0 Å². The Kier molecular flexibility index (Phi) is 6.21. The summed E-state index contributed by atoms with van der Waals surface area (Å²) in [4.78, 5) is 14.2. The molecule has 0 heterocycles. The molecule has 0 unspecified atom stereocenters. The van der Waals surface area contributed by atoms with Gasteiger partial charge in [0.1, 0.15) is 11.5 Å². The van der Waals surface area contributed by atoms with Gasteiger partial charge in [0.15, 0.2) is 0 Å². The smallest absolute Gasteiger partial charge is 0.238 e. The van der Waals surface area contributed by atoms with Gasteiger partial charge in [-0.2, -0.15) is 0 Å². The Hall–Kier alpha value is -2.53. The molecule has 128 valence electrons. The minimum absolute atomic E-state index is 0.0834. The van der Waals surface area contributed by atoms with Crippen molar-refractivity contribution in [1.29, 1.82) is 0 Å². The van der Waals surface area contributed by atoms with Crippen LogP contribution in [0.25, 0.3) is 0 Å². The lowest BCUT2D eigenvalue weighted by Crippen LogP contribution is -2.29. The summed E-state index contributed by atoms with van der Waals surface area (Å²) in [5.74, 6) is 1.19. The van der Waals surface area contributed by atoms with Crippen LogP contribution in [-0.2, 0) is 11.3 Å². The van der Waals surface area contributed by atoms with Gasteiger partial charge in [-0.1, -0.05) is 29.8 Å². The highest BCUT2D eigenvalue weighted by Gasteiger charge is 2.09. The van der Waals surface area contributed by atoms with Crippen LogP contribution in [0.15, 0.2) is 42.5 Å². The summed E-state index contributed by atoms with van der Waals surface area (Å²) in [5.41, 5.74) is 3.06. The van der Waals surface area contributed by atoms with Crippen LogP contribution >= 0.6 is 0 Å². The average Bonchev–Trinajstić information content (AvgIpc) is 2.56. The molecule has 2 aromatic carbocycles. The van der Waals surface area contributed by atoms with E-state index in [1.54, 1.807) is 32.4 Å². The largest absolute Gasteiger partial charge is 0.497 e. The van der Waals surface area contributed by atoms with E-state index >= 15 is 0 Å². The SMILES string of the molecule is COc1cc(NC(=O)CN(C)Cc2ccc(C)cc2)cc(OC)c1. The van der Waals surface area contributed by atoms with Gasteiger partial charge in [0.2, 0.25) is 5.91 Å². The molecular weight excluding hydrogens is 304 g/mol. The highest BCUT2D eigenvalue weighted by molar-refractivity contribution is 5.92. The lowest BCUT2D eigenvalue weighted by molar-refractivity contribution is -0.117. The topological polar surface area (TPSA) is 50.8 Å². The second-order valence-electron chi connectivity index (χ2n) is 5.81. The van der Waals surface area contributed by atoms with E-state index in [0.717, 1.165) is 6.54 Å². The van der Waals surface area contributed by atoms with Gasteiger partial charge >= 0.3 is 0 Å². The van der Waals surface area contributed by atoms with Crippen molar-refractivity contribution in [3.8, 4) is 11.5 Å². The molecule has 5 heteroatoms. The highest BCUT2D eigenvalue weighted by Crippen LogP contribution is 2.25. The lowest BCUT2D eigenvalue weighted by atomic mass is 10.1. The number of carbonyl (C=O) groups is 1. The number of likely N-dealkylation sites (N-methyl/N-ethyl adjacent to an activating group) is 1. The number of hydrogen-bond donors (Lipinski definition) is 1. The summed E-state index contributed by atoms with van der Waals surface area (Å²) in [7, 11) is 5.08. The van der Waals surface area contributed by atoms with Crippen molar-refractivity contribution in [2.45, 2.75) is 13.5 Å². The molecule has 0 bridgehead atoms. The van der Waals surface area contributed by atoms with Crippen molar-refractivity contribution in [2.75, 3.05) is 33.1 Å². The molecule has 2 rings (SSSR count). The zero-order valence-corrected chi connectivity index (χ0v) is 14.6. The van der Waals surface area contributed by atoms with Crippen molar-refractivity contribution in [3.63, 3.8) is 0 Å². The van der Waals surface area contributed by atoms with Gasteiger partial charge in [-0.15, -0.1) is 0 Å². The third-order valence-corrected chi connectivity index (χ3v) is 3.62. The molecule has 0 aliphatic carbocycles. The Morgan fingerprint density at radius 1 is 1.04 bits per heavy atom. The molecule has 5 nitrogen and oxygen atoms in total. The molecule has 1 N–H and O–H groups in total. The molecule has 0 aliphatic heterocycles. The zero-order valence-electron chi connectivity index (χ0n) is 14.6. The molecule has 1 amide bonds. The van der Waals surface area contributed by atoms with Gasteiger partial charge in [-0.3, -0.25) is 9.69 Å². The Bertz CT molecular complexity index is 661. The van der Waals surface area contributed by atoms with Crippen LogP contribution in [0.1, 0.15) is 11.1 Å². The quantitative estimate of drug-likeness (QED) is 0.848. The van der Waals surface area contributed by atoms with Crippen molar-refractivity contribution >= 4 is 11.6 Å². The Morgan fingerprint density at radius 2 is 1.62 bits per heavy atom. The number of anilines is 1. The highest BCUT2D eigenvalue weighted by atomic mass is 16.5. The fraction of sp³-hybridized carbons (Fsp3) is 0.316. The first-order valence-electron chi connectivity index (χ1n) is 7.77. The predicted octanol–water partition coefficient (Wildman–Crippen LogP) is 3.08. The number of carbonyl (C=O) groups excluding carboxylic acids is 1. The van der Waals surface area contributed by atoms with Crippen LogP contribution in [0.4, 0.5) is 5.69 Å². The standard InChI is InChI=1S/C19H24N2O3/c1-14-5-7-15(8-6-14)12-21(2)13-19(22)20-16-9-17(23-3)11-18(10-16)24-4/h5-11H,12-13H2,1-4H3,(H,20,22). The molecule has 0 fully saturated rings. The molecule has 0 atom stereocenters. The van der Waals surface area contributed by atoms with E-state index < -0.39 is 0 Å². The third-order valence-electron chi connectivity index (χ3n) is 3.62. The molecule has 0 aromatic heterocycles. The summed E-state index contributed by atoms with van der Waals surface area (Å²) in [6.45, 7) is 3.08. The number of methoxy groups -OCH3 is 2. The molecule has 24 heavy (non-hydrogen) atoms. The van der Waals surface area contributed by atoms with Gasteiger partial charge in [-0.25, -0.2) is 0 Å². The van der Waals surface area contributed by atoms with Crippen LogP contribution in [0, 0.1) is 6.92 Å². The fourth-order valence-corrected chi connectivity index (χ4v) is 2.39. The van der Waals surface area contributed by atoms with Gasteiger partial charge in [0.25, 0.3) is 0 Å². The monoisotopic (exact) mass is 328 g/mol. The number of nitrogens with one attached hydrogen (secondary N) is 1. The maximum atomic E-state index is 12.2. The molecule has 0 radical (unpaired) electrons. The minimum Gasteiger partial charge on any atom is -0.497 e. The van der Waals surface area contributed by atoms with Crippen molar-refractivity contribution in [3.05, 3.63) is 53.6 Å². The summed E-state index contributed by atoms with van der Waals surface area (Å²) < 4.78 is 10.4. The molecular formula is C19H24N2O3. The van der Waals surface area contributed by atoms with Gasteiger partial charge in [0.05, 0.1) is 20.8 Å². The number of rotatable bonds is 7. The first kappa shape index (κ1) is 17.8. The van der Waals surface area contributed by atoms with Crippen LogP contribution in [0.3, 0.4) is 0 Å². The Labute approximate surface area is 143 Å². The molecule has 2 aromatic rings. The normalized spacial score (nSPS) is 10.5. The van der Waals surface area contributed by atoms with Crippen LogP contribution in [-0.4, -0.2) is 38.6 Å². The van der Waals surface area contributed by atoms with Crippen LogP contribution < -0.4 is 14.8 Å². The van der Waals surface area contributed by atoms with Crippen molar-refractivity contribution in [1.82, 2.24) is 4.90 Å². The summed E-state index contributed by atoms with van der Waals surface area (Å²) >= 11 is 0. The second-order valence-corrected chi connectivity index (χ2v) is 5.81. The summed E-state index contributed by atoms with van der Waals surface area (Å²) in [5, 5.41) is 2.88. The minimum atomic E-state index is -0.0834. The first-order chi connectivity index (χ1) is 11.5. The number of amides is 1. The fourth-order valence-electron chi connectivity index (χ4n) is 2.39. The average molecular weight is 328 g/mol. The predicted molar refractivity (Wildman–Crippen MR) is 95.7 cm³/mol. The molecule has 0 saturated heterocycles. The number of ether oxygens (including phenoxy) is 2. The van der Waals surface area contributed by atoms with Crippen molar-refractivity contribution in [2.24, 2.45) is 0 Å². The summed E-state index contributed by atoms with van der Waals surface area (Å²) in [6, 6.07) is 13.6. The van der Waals surface area contributed by atoms with E-state index in [1.165, 1.54) is 11.1 Å². The Morgan fingerprint density at radius 3 is 2.17 bits per heavy atom. The number of nitrogens with zero attached hydrogens (tertiary/aromatic N) is 1. The van der Waals surface area contributed by atoms with E-state index in [2.05, 4.69) is 36.5 Å². The van der Waals surface area contributed by atoms with Gasteiger partial charge in [-0.05, 0) is 19.5 Å². The second kappa shape index (κ2) is 8.36. The van der Waals surface area contributed by atoms with Gasteiger partial charge < -0.3 is 14.8 Å². The zero-order chi connectivity index (χ0) is 17.5. The van der Waals surface area contributed by atoms with Crippen molar-refractivity contribution < 1.29 is 14.3 Å². The van der Waals surface area contributed by atoms with E-state index in [-0.39, 0.29) is 5.91 Å². The number of hydrogen-bond acceptors (Lipinski definition) is 4. The first-order valence-corrected chi connectivity index (χ1v) is 7.77. The molecule has 0 spiro atoms. The Balaban J connectivity index is 1.93. The molecule has 0 aliphatic rings. The maximum absolute atomic E-state index is 12.2. The van der Waals surface area contributed by atoms with Gasteiger partial charge in [0, 0.05) is 30.4 Å². The number of benzene rings is 2. The molecule has 0 saturated carbocycles. The van der Waals surface area contributed by atoms with E-state index in [9.17, 15) is 4.79 Å². The lowest BCUT2D eigenvalue weighted by Gasteiger charge is -2.17. The van der Waals surface area contributed by atoms with E-state index in [1.807, 2.05) is 11.9 Å². The maximum Gasteiger partial charge on any atom is 0.238 e. The summed E-state index contributed by atoms with van der Waals surface area (Å²) in [6.07, 6.45) is 0. The van der Waals surface area contributed by atoms with E-state index in [4.69, 9.17) is 9.47 Å².